The lowest BCUT2D eigenvalue weighted by Gasteiger charge is -2.22. The molecule has 0 bridgehead atoms. The first-order valence-corrected chi connectivity index (χ1v) is 8.62. The van der Waals surface area contributed by atoms with Crippen LogP contribution in [0.1, 0.15) is 42.6 Å². The molecule has 2 aromatic heterocycles. The first-order valence-electron chi connectivity index (χ1n) is 8.62. The average Bonchev–Trinajstić information content (AvgIpc) is 2.96. The van der Waals surface area contributed by atoms with E-state index in [1.165, 1.54) is 6.07 Å². The van der Waals surface area contributed by atoms with Crippen LogP contribution in [0.25, 0.3) is 11.0 Å². The summed E-state index contributed by atoms with van der Waals surface area (Å²) in [4.78, 5) is 19.1. The summed E-state index contributed by atoms with van der Waals surface area (Å²) in [6.07, 6.45) is 3.57. The second-order valence-corrected chi connectivity index (χ2v) is 6.67. The number of aryl methyl sites for hydroxylation is 1. The summed E-state index contributed by atoms with van der Waals surface area (Å²) < 4.78 is 1.91. The lowest BCUT2D eigenvalue weighted by molar-refractivity contribution is 0.0985. The molecule has 0 unspecified atom stereocenters. The number of hydrogen-bond donors (Lipinski definition) is 2. The van der Waals surface area contributed by atoms with Gasteiger partial charge >= 0.3 is 0 Å². The van der Waals surface area contributed by atoms with Crippen molar-refractivity contribution in [3.8, 4) is 11.5 Å². The molecule has 3 rings (SSSR count). The summed E-state index contributed by atoms with van der Waals surface area (Å²) in [5.74, 6) is -0.544. The first-order chi connectivity index (χ1) is 12.3. The zero-order chi connectivity index (χ0) is 19.0. The van der Waals surface area contributed by atoms with Crippen LogP contribution in [-0.4, -0.2) is 32.2 Å². The maximum atomic E-state index is 13.1. The van der Waals surface area contributed by atoms with Crippen LogP contribution in [-0.2, 0) is 7.05 Å². The number of aromatic nitrogens is 2. The Balaban J connectivity index is 2.04. The van der Waals surface area contributed by atoms with Gasteiger partial charge in [-0.2, -0.15) is 0 Å². The number of pyridine rings is 1. The van der Waals surface area contributed by atoms with Crippen molar-refractivity contribution >= 4 is 22.6 Å². The molecule has 0 aliphatic carbocycles. The van der Waals surface area contributed by atoms with Crippen molar-refractivity contribution in [1.82, 2.24) is 9.55 Å². The molecule has 0 spiro atoms. The van der Waals surface area contributed by atoms with Gasteiger partial charge in [-0.3, -0.25) is 4.79 Å². The van der Waals surface area contributed by atoms with E-state index in [1.54, 1.807) is 17.2 Å². The normalized spacial score (nSPS) is 11.3. The van der Waals surface area contributed by atoms with Crippen molar-refractivity contribution in [3.05, 3.63) is 47.8 Å². The fourth-order valence-electron chi connectivity index (χ4n) is 3.11. The molecule has 0 fully saturated rings. The van der Waals surface area contributed by atoms with Gasteiger partial charge in [0.25, 0.3) is 5.91 Å². The molecule has 1 aromatic carbocycles. The fraction of sp³-hybridized carbons (Fsp3) is 0.300. The molecular weight excluding hydrogens is 330 g/mol. The average molecular weight is 353 g/mol. The standard InChI is InChI=1S/C20H23N3O3/c1-5-23(14-8-13-6-7-22(4)19(13)21-11-14)20(26)16-9-15(12(2)3)17(24)10-18(16)25/h6-12,24-25H,5H2,1-4H3. The summed E-state index contributed by atoms with van der Waals surface area (Å²) in [7, 11) is 1.92. The minimum atomic E-state index is -0.330. The lowest BCUT2D eigenvalue weighted by Crippen LogP contribution is -2.31. The summed E-state index contributed by atoms with van der Waals surface area (Å²) in [5.41, 5.74) is 2.29. The van der Waals surface area contributed by atoms with E-state index in [0.29, 0.717) is 17.8 Å². The molecule has 3 aromatic rings. The van der Waals surface area contributed by atoms with E-state index in [4.69, 9.17) is 0 Å². The first kappa shape index (κ1) is 17.8. The van der Waals surface area contributed by atoms with Gasteiger partial charge in [-0.25, -0.2) is 4.98 Å². The monoisotopic (exact) mass is 353 g/mol. The molecule has 0 saturated carbocycles. The Hall–Kier alpha value is -3.02. The number of rotatable bonds is 4. The summed E-state index contributed by atoms with van der Waals surface area (Å²) in [5, 5.41) is 21.2. The maximum absolute atomic E-state index is 13.1. The minimum Gasteiger partial charge on any atom is -0.508 e. The zero-order valence-corrected chi connectivity index (χ0v) is 15.4. The Bertz CT molecular complexity index is 976. The van der Waals surface area contributed by atoms with Gasteiger partial charge in [0.05, 0.1) is 17.4 Å². The van der Waals surface area contributed by atoms with E-state index in [-0.39, 0.29) is 28.9 Å². The van der Waals surface area contributed by atoms with Crippen molar-refractivity contribution in [2.75, 3.05) is 11.4 Å². The largest absolute Gasteiger partial charge is 0.508 e. The smallest absolute Gasteiger partial charge is 0.262 e. The van der Waals surface area contributed by atoms with Crippen LogP contribution in [0.3, 0.4) is 0 Å². The van der Waals surface area contributed by atoms with E-state index in [9.17, 15) is 15.0 Å². The lowest BCUT2D eigenvalue weighted by atomic mass is 9.98. The predicted molar refractivity (Wildman–Crippen MR) is 102 cm³/mol. The van der Waals surface area contributed by atoms with E-state index < -0.39 is 0 Å². The highest BCUT2D eigenvalue weighted by atomic mass is 16.3. The Morgan fingerprint density at radius 3 is 2.62 bits per heavy atom. The number of phenolic OH excluding ortho intramolecular Hbond substituents is 2. The van der Waals surface area contributed by atoms with Gasteiger partial charge in [0.15, 0.2) is 0 Å². The highest BCUT2D eigenvalue weighted by molar-refractivity contribution is 6.08. The maximum Gasteiger partial charge on any atom is 0.262 e. The second-order valence-electron chi connectivity index (χ2n) is 6.67. The van der Waals surface area contributed by atoms with Crippen molar-refractivity contribution in [2.24, 2.45) is 7.05 Å². The number of hydrogen-bond acceptors (Lipinski definition) is 4. The van der Waals surface area contributed by atoms with Gasteiger partial charge in [-0.1, -0.05) is 13.8 Å². The molecule has 0 radical (unpaired) electrons. The van der Waals surface area contributed by atoms with Gasteiger partial charge < -0.3 is 19.7 Å². The Kier molecular flexibility index (Phi) is 4.59. The third kappa shape index (κ3) is 2.98. The van der Waals surface area contributed by atoms with E-state index in [0.717, 1.165) is 11.0 Å². The number of carbonyl (C=O) groups is 1. The van der Waals surface area contributed by atoms with Crippen LogP contribution in [0.2, 0.25) is 0 Å². The van der Waals surface area contributed by atoms with Crippen molar-refractivity contribution in [2.45, 2.75) is 26.7 Å². The van der Waals surface area contributed by atoms with Crippen molar-refractivity contribution in [1.29, 1.82) is 0 Å². The van der Waals surface area contributed by atoms with Gasteiger partial charge in [0, 0.05) is 31.2 Å². The molecule has 136 valence electrons. The number of aromatic hydroxyl groups is 2. The van der Waals surface area contributed by atoms with Gasteiger partial charge in [-0.05, 0) is 36.6 Å². The third-order valence-corrected chi connectivity index (χ3v) is 4.56. The van der Waals surface area contributed by atoms with Crippen LogP contribution >= 0.6 is 0 Å². The molecule has 0 saturated heterocycles. The van der Waals surface area contributed by atoms with Gasteiger partial charge in [0.1, 0.15) is 17.1 Å². The molecule has 2 heterocycles. The van der Waals surface area contributed by atoms with Crippen LogP contribution in [0.4, 0.5) is 5.69 Å². The number of carbonyl (C=O) groups excluding carboxylic acids is 1. The minimum absolute atomic E-state index is 0.00975. The molecule has 0 atom stereocenters. The molecule has 6 heteroatoms. The van der Waals surface area contributed by atoms with Crippen molar-refractivity contribution in [3.63, 3.8) is 0 Å². The quantitative estimate of drug-likeness (QED) is 0.748. The van der Waals surface area contributed by atoms with Crippen LogP contribution < -0.4 is 4.90 Å². The Labute approximate surface area is 152 Å². The van der Waals surface area contributed by atoms with Gasteiger partial charge in [-0.15, -0.1) is 0 Å². The van der Waals surface area contributed by atoms with Crippen LogP contribution in [0.5, 0.6) is 11.5 Å². The van der Waals surface area contributed by atoms with Crippen LogP contribution in [0.15, 0.2) is 36.7 Å². The number of amides is 1. The Morgan fingerprint density at radius 1 is 1.23 bits per heavy atom. The van der Waals surface area contributed by atoms with E-state index in [1.807, 2.05) is 50.7 Å². The number of phenols is 2. The molecular formula is C20H23N3O3. The summed E-state index contributed by atoms with van der Waals surface area (Å²) in [6, 6.07) is 6.65. The van der Waals surface area contributed by atoms with E-state index in [2.05, 4.69) is 4.98 Å². The van der Waals surface area contributed by atoms with Crippen LogP contribution in [0, 0.1) is 0 Å². The topological polar surface area (TPSA) is 78.6 Å². The molecule has 0 aliphatic rings. The molecule has 6 nitrogen and oxygen atoms in total. The summed E-state index contributed by atoms with van der Waals surface area (Å²) in [6.45, 7) is 6.14. The number of benzene rings is 1. The highest BCUT2D eigenvalue weighted by Gasteiger charge is 2.22. The number of nitrogens with zero attached hydrogens (tertiary/aromatic N) is 3. The van der Waals surface area contributed by atoms with E-state index >= 15 is 0 Å². The SMILES string of the molecule is CCN(C(=O)c1cc(C(C)C)c(O)cc1O)c1cnc2c(ccn2C)c1. The van der Waals surface area contributed by atoms with Gasteiger partial charge in [0.2, 0.25) is 0 Å². The highest BCUT2D eigenvalue weighted by Crippen LogP contribution is 2.33. The molecule has 2 N–H and O–H groups in total. The zero-order valence-electron chi connectivity index (χ0n) is 15.4. The Morgan fingerprint density at radius 2 is 1.96 bits per heavy atom. The molecule has 1 amide bonds. The number of anilines is 1. The van der Waals surface area contributed by atoms with Crippen molar-refractivity contribution < 1.29 is 15.0 Å². The molecule has 0 aliphatic heterocycles. The number of fused-ring (bicyclic) bond motifs is 1. The third-order valence-electron chi connectivity index (χ3n) is 4.56. The second kappa shape index (κ2) is 6.71. The fourth-order valence-corrected chi connectivity index (χ4v) is 3.11. The molecule has 26 heavy (non-hydrogen) atoms. The predicted octanol–water partition coefficient (Wildman–Crippen LogP) is 3.77. The summed E-state index contributed by atoms with van der Waals surface area (Å²) >= 11 is 0.